The van der Waals surface area contributed by atoms with Gasteiger partial charge in [-0.25, -0.2) is 4.79 Å². The summed E-state index contributed by atoms with van der Waals surface area (Å²) < 4.78 is 0. The van der Waals surface area contributed by atoms with Crippen molar-refractivity contribution >= 4 is 5.97 Å². The van der Waals surface area contributed by atoms with Gasteiger partial charge in [-0.15, -0.1) is 0 Å². The standard InChI is InChI=1S/C7H6O2.C7H14O/c8-7(9)6-4-2-1-3-5-6;8-6-7-4-2-1-3-5-7/h1-5H,(H,8,9);7-8H,1-6H2. The third-order valence-corrected chi connectivity index (χ3v) is 3.00. The van der Waals surface area contributed by atoms with Crippen molar-refractivity contribution in [2.75, 3.05) is 6.61 Å². The molecular formula is C14H20O3. The van der Waals surface area contributed by atoms with Crippen LogP contribution in [0.4, 0.5) is 0 Å². The molecule has 1 aromatic carbocycles. The van der Waals surface area contributed by atoms with Crippen LogP contribution in [0.25, 0.3) is 0 Å². The van der Waals surface area contributed by atoms with Gasteiger partial charge in [0.25, 0.3) is 0 Å². The molecule has 0 aromatic heterocycles. The van der Waals surface area contributed by atoms with E-state index < -0.39 is 5.97 Å². The Morgan fingerprint density at radius 3 is 2.06 bits per heavy atom. The van der Waals surface area contributed by atoms with Crippen LogP contribution in [0.1, 0.15) is 42.5 Å². The first-order valence-electron chi connectivity index (χ1n) is 6.13. The molecule has 1 aliphatic carbocycles. The van der Waals surface area contributed by atoms with Gasteiger partial charge >= 0.3 is 5.97 Å². The average molecular weight is 236 g/mol. The lowest BCUT2D eigenvalue weighted by Crippen LogP contribution is -2.09. The van der Waals surface area contributed by atoms with E-state index in [-0.39, 0.29) is 0 Å². The maximum Gasteiger partial charge on any atom is 0.335 e. The zero-order chi connectivity index (χ0) is 12.5. The number of aliphatic hydroxyl groups is 1. The minimum absolute atomic E-state index is 0.331. The Morgan fingerprint density at radius 1 is 1.12 bits per heavy atom. The number of aromatic carboxylic acids is 1. The highest BCUT2D eigenvalue weighted by Crippen LogP contribution is 2.22. The van der Waals surface area contributed by atoms with Crippen molar-refractivity contribution in [1.82, 2.24) is 0 Å². The van der Waals surface area contributed by atoms with Gasteiger partial charge in [0.05, 0.1) is 5.56 Å². The number of hydrogen-bond acceptors (Lipinski definition) is 2. The van der Waals surface area contributed by atoms with Crippen LogP contribution in [-0.2, 0) is 0 Å². The lowest BCUT2D eigenvalue weighted by atomic mass is 9.90. The van der Waals surface area contributed by atoms with E-state index in [1.807, 2.05) is 0 Å². The summed E-state index contributed by atoms with van der Waals surface area (Å²) in [6.45, 7) is 0.417. The average Bonchev–Trinajstić information content (AvgIpc) is 2.41. The van der Waals surface area contributed by atoms with Gasteiger partial charge in [0.2, 0.25) is 0 Å². The summed E-state index contributed by atoms with van der Waals surface area (Å²) in [6, 6.07) is 8.30. The lowest BCUT2D eigenvalue weighted by molar-refractivity contribution is 0.0697. The second kappa shape index (κ2) is 7.85. The van der Waals surface area contributed by atoms with Crippen LogP contribution >= 0.6 is 0 Å². The number of carbonyl (C=O) groups is 1. The van der Waals surface area contributed by atoms with Crippen molar-refractivity contribution < 1.29 is 15.0 Å². The van der Waals surface area contributed by atoms with E-state index in [2.05, 4.69) is 0 Å². The second-order valence-electron chi connectivity index (χ2n) is 4.36. The number of aliphatic hydroxyl groups excluding tert-OH is 1. The Hall–Kier alpha value is -1.35. The van der Waals surface area contributed by atoms with Gasteiger partial charge in [0.1, 0.15) is 0 Å². The molecule has 0 amide bonds. The molecule has 0 spiro atoms. The van der Waals surface area contributed by atoms with Gasteiger partial charge in [-0.3, -0.25) is 0 Å². The molecule has 0 bridgehead atoms. The van der Waals surface area contributed by atoms with E-state index >= 15 is 0 Å². The highest BCUT2D eigenvalue weighted by atomic mass is 16.4. The molecule has 2 N–H and O–H groups in total. The fraction of sp³-hybridized carbons (Fsp3) is 0.500. The zero-order valence-electron chi connectivity index (χ0n) is 10.0. The van der Waals surface area contributed by atoms with Crippen molar-refractivity contribution in [3.05, 3.63) is 35.9 Å². The third-order valence-electron chi connectivity index (χ3n) is 3.00. The molecule has 3 nitrogen and oxygen atoms in total. The molecule has 0 radical (unpaired) electrons. The van der Waals surface area contributed by atoms with Gasteiger partial charge in [-0.05, 0) is 30.9 Å². The maximum atomic E-state index is 10.2. The fourth-order valence-electron chi connectivity index (χ4n) is 1.95. The fourth-order valence-corrected chi connectivity index (χ4v) is 1.95. The Labute approximate surface area is 102 Å². The monoisotopic (exact) mass is 236 g/mol. The van der Waals surface area contributed by atoms with E-state index in [1.165, 1.54) is 32.1 Å². The molecule has 94 valence electrons. The largest absolute Gasteiger partial charge is 0.478 e. The van der Waals surface area contributed by atoms with E-state index in [9.17, 15) is 4.79 Å². The third kappa shape index (κ3) is 5.50. The van der Waals surface area contributed by atoms with Crippen LogP contribution in [0.3, 0.4) is 0 Å². The van der Waals surface area contributed by atoms with Gasteiger partial charge in [-0.1, -0.05) is 37.5 Å². The second-order valence-corrected chi connectivity index (χ2v) is 4.36. The molecule has 1 saturated carbocycles. The molecule has 1 aromatic rings. The summed E-state index contributed by atoms with van der Waals surface area (Å²) in [5, 5.41) is 17.1. The number of hydrogen-bond donors (Lipinski definition) is 2. The van der Waals surface area contributed by atoms with Crippen LogP contribution in [-0.4, -0.2) is 22.8 Å². The van der Waals surface area contributed by atoms with Gasteiger partial charge < -0.3 is 10.2 Å². The summed E-state index contributed by atoms with van der Waals surface area (Å²) in [6.07, 6.45) is 6.58. The van der Waals surface area contributed by atoms with Crippen molar-refractivity contribution in [3.8, 4) is 0 Å². The molecule has 3 heteroatoms. The smallest absolute Gasteiger partial charge is 0.335 e. The molecule has 2 rings (SSSR count). The van der Waals surface area contributed by atoms with Gasteiger partial charge in [0.15, 0.2) is 0 Å². The molecule has 1 fully saturated rings. The molecule has 0 heterocycles. The van der Waals surface area contributed by atoms with Crippen LogP contribution in [0.15, 0.2) is 30.3 Å². The number of benzene rings is 1. The summed E-state index contributed by atoms with van der Waals surface area (Å²) in [5.74, 6) is -0.237. The van der Waals surface area contributed by atoms with E-state index in [1.54, 1.807) is 30.3 Å². The molecule has 17 heavy (non-hydrogen) atoms. The zero-order valence-corrected chi connectivity index (χ0v) is 10.0. The molecule has 0 aliphatic heterocycles. The minimum atomic E-state index is -0.879. The Morgan fingerprint density at radius 2 is 1.71 bits per heavy atom. The predicted octanol–water partition coefficient (Wildman–Crippen LogP) is 2.94. The summed E-state index contributed by atoms with van der Waals surface area (Å²) in [7, 11) is 0. The van der Waals surface area contributed by atoms with E-state index in [0.717, 1.165) is 0 Å². The van der Waals surface area contributed by atoms with Crippen LogP contribution in [0.5, 0.6) is 0 Å². The quantitative estimate of drug-likeness (QED) is 0.830. The summed E-state index contributed by atoms with van der Waals surface area (Å²) >= 11 is 0. The number of carboxylic acids is 1. The van der Waals surface area contributed by atoms with Crippen molar-refractivity contribution in [3.63, 3.8) is 0 Å². The lowest BCUT2D eigenvalue weighted by Gasteiger charge is -2.18. The first-order valence-corrected chi connectivity index (χ1v) is 6.13. The Bertz CT molecular complexity index is 315. The molecule has 1 aliphatic rings. The molecule has 0 saturated heterocycles. The Kier molecular flexibility index (Phi) is 6.33. The van der Waals surface area contributed by atoms with E-state index in [4.69, 9.17) is 10.2 Å². The minimum Gasteiger partial charge on any atom is -0.478 e. The van der Waals surface area contributed by atoms with Crippen molar-refractivity contribution in [1.29, 1.82) is 0 Å². The van der Waals surface area contributed by atoms with Crippen LogP contribution in [0.2, 0.25) is 0 Å². The Balaban J connectivity index is 0.000000171. The topological polar surface area (TPSA) is 57.5 Å². The van der Waals surface area contributed by atoms with Crippen LogP contribution in [0, 0.1) is 5.92 Å². The molecular weight excluding hydrogens is 216 g/mol. The van der Waals surface area contributed by atoms with Gasteiger partial charge in [-0.2, -0.15) is 0 Å². The first kappa shape index (κ1) is 13.7. The number of rotatable bonds is 2. The first-order chi connectivity index (χ1) is 8.24. The SMILES string of the molecule is O=C(O)c1ccccc1.OCC1CCCCC1. The van der Waals surface area contributed by atoms with E-state index in [0.29, 0.717) is 18.1 Å². The maximum absolute atomic E-state index is 10.2. The summed E-state index contributed by atoms with van der Waals surface area (Å²) in [5.41, 5.74) is 0.331. The van der Waals surface area contributed by atoms with Crippen molar-refractivity contribution in [2.24, 2.45) is 5.92 Å². The summed E-state index contributed by atoms with van der Waals surface area (Å²) in [4.78, 5) is 10.2. The van der Waals surface area contributed by atoms with Crippen LogP contribution < -0.4 is 0 Å². The molecule has 0 atom stereocenters. The van der Waals surface area contributed by atoms with Crippen molar-refractivity contribution in [2.45, 2.75) is 32.1 Å². The highest BCUT2D eigenvalue weighted by Gasteiger charge is 2.10. The number of carboxylic acid groups (broad SMARTS) is 1. The highest BCUT2D eigenvalue weighted by molar-refractivity contribution is 5.87. The molecule has 0 unspecified atom stereocenters. The predicted molar refractivity (Wildman–Crippen MR) is 67.1 cm³/mol. The normalized spacial score (nSPS) is 15.8. The van der Waals surface area contributed by atoms with Gasteiger partial charge in [0, 0.05) is 6.61 Å².